The van der Waals surface area contributed by atoms with Crippen LogP contribution in [0, 0.1) is 12.8 Å². The quantitative estimate of drug-likeness (QED) is 0.633. The van der Waals surface area contributed by atoms with Crippen LogP contribution in [-0.2, 0) is 27.2 Å². The molecule has 1 aromatic rings. The monoisotopic (exact) mass is 418 g/mol. The van der Waals surface area contributed by atoms with Gasteiger partial charge in [-0.05, 0) is 62.0 Å². The molecule has 8 nitrogen and oxygen atoms in total. The Morgan fingerprint density at radius 2 is 1.93 bits per heavy atom. The highest BCUT2D eigenvalue weighted by Crippen LogP contribution is 2.40. The van der Waals surface area contributed by atoms with Crippen molar-refractivity contribution in [3.63, 3.8) is 0 Å². The fraction of sp³-hybridized carbons (Fsp3) is 0.545. The minimum atomic E-state index is -1.26. The summed E-state index contributed by atoms with van der Waals surface area (Å²) in [6.07, 6.45) is 4.56. The second kappa shape index (κ2) is 10.4. The molecule has 164 valence electrons. The summed E-state index contributed by atoms with van der Waals surface area (Å²) in [4.78, 5) is 21.7. The van der Waals surface area contributed by atoms with E-state index in [2.05, 4.69) is 23.2 Å². The first-order chi connectivity index (χ1) is 14.5. The van der Waals surface area contributed by atoms with Crippen LogP contribution in [0.15, 0.2) is 18.2 Å². The maximum absolute atomic E-state index is 9.55. The number of carboxylic acid groups (broad SMARTS) is 2. The lowest BCUT2D eigenvalue weighted by Gasteiger charge is -2.35. The topological polar surface area (TPSA) is 108 Å². The predicted molar refractivity (Wildman–Crippen MR) is 113 cm³/mol. The Balaban J connectivity index is 0.000000275. The van der Waals surface area contributed by atoms with E-state index in [9.17, 15) is 9.59 Å². The number of ether oxygens (including phenoxy) is 2. The van der Waals surface area contributed by atoms with Gasteiger partial charge in [-0.3, -0.25) is 0 Å². The summed E-state index contributed by atoms with van der Waals surface area (Å²) in [6.45, 7) is 9.21. The number of aliphatic carboxylic acids is 2. The molecule has 1 unspecified atom stereocenters. The van der Waals surface area contributed by atoms with Crippen molar-refractivity contribution in [2.45, 2.75) is 26.2 Å². The van der Waals surface area contributed by atoms with Gasteiger partial charge in [0.25, 0.3) is 0 Å². The Morgan fingerprint density at radius 3 is 2.60 bits per heavy atom. The number of carbonyl (C=O) groups is 2. The summed E-state index contributed by atoms with van der Waals surface area (Å²) in [5.74, 6) is -0.742. The summed E-state index contributed by atoms with van der Waals surface area (Å²) >= 11 is 0. The van der Waals surface area contributed by atoms with Crippen molar-refractivity contribution in [3.05, 3.63) is 34.9 Å². The number of nitrogens with zero attached hydrogens (tertiary/aromatic N) is 1. The Labute approximate surface area is 176 Å². The van der Waals surface area contributed by atoms with Gasteiger partial charge in [0.05, 0.1) is 18.8 Å². The van der Waals surface area contributed by atoms with Crippen LogP contribution < -0.4 is 15.0 Å². The first kappa shape index (κ1) is 22.1. The Bertz CT molecular complexity index is 785. The lowest BCUT2D eigenvalue weighted by molar-refractivity contribution is -0.134. The SMILES string of the molecule is Cc1c2c(cc3c1N(CC1CCOC1)CCO3)CCNCC2.O=C(O)/C=C/C(=O)O. The van der Waals surface area contributed by atoms with E-state index in [4.69, 9.17) is 19.7 Å². The maximum atomic E-state index is 9.55. The van der Waals surface area contributed by atoms with Gasteiger partial charge in [0.1, 0.15) is 12.4 Å². The van der Waals surface area contributed by atoms with E-state index < -0.39 is 11.9 Å². The number of hydrogen-bond acceptors (Lipinski definition) is 6. The summed E-state index contributed by atoms with van der Waals surface area (Å²) in [5.41, 5.74) is 5.81. The molecular formula is C22H30N2O6. The fourth-order valence-electron chi connectivity index (χ4n) is 4.26. The van der Waals surface area contributed by atoms with Crippen molar-refractivity contribution >= 4 is 17.6 Å². The predicted octanol–water partition coefficient (Wildman–Crippen LogP) is 1.63. The Hall–Kier alpha value is -2.58. The molecular weight excluding hydrogens is 388 g/mol. The normalized spacial score (nSPS) is 20.4. The lowest BCUT2D eigenvalue weighted by Crippen LogP contribution is -2.37. The average Bonchev–Trinajstić information content (AvgIpc) is 3.10. The van der Waals surface area contributed by atoms with Crippen LogP contribution in [0.2, 0.25) is 0 Å². The van der Waals surface area contributed by atoms with Gasteiger partial charge in [0, 0.05) is 31.2 Å². The highest BCUT2D eigenvalue weighted by atomic mass is 16.5. The largest absolute Gasteiger partial charge is 0.490 e. The summed E-state index contributed by atoms with van der Waals surface area (Å²) in [7, 11) is 0. The molecule has 0 aromatic heterocycles. The number of fused-ring (bicyclic) bond motifs is 2. The van der Waals surface area contributed by atoms with Crippen molar-refractivity contribution in [1.82, 2.24) is 5.32 Å². The number of rotatable bonds is 4. The van der Waals surface area contributed by atoms with Crippen molar-refractivity contribution in [1.29, 1.82) is 0 Å². The van der Waals surface area contributed by atoms with Gasteiger partial charge in [-0.15, -0.1) is 0 Å². The molecule has 1 saturated heterocycles. The fourth-order valence-corrected chi connectivity index (χ4v) is 4.26. The second-order valence-electron chi connectivity index (χ2n) is 7.77. The van der Waals surface area contributed by atoms with E-state index in [1.54, 1.807) is 5.56 Å². The van der Waals surface area contributed by atoms with Crippen LogP contribution in [0.1, 0.15) is 23.1 Å². The molecule has 30 heavy (non-hydrogen) atoms. The molecule has 8 heteroatoms. The van der Waals surface area contributed by atoms with Gasteiger partial charge in [-0.1, -0.05) is 0 Å². The van der Waals surface area contributed by atoms with Crippen molar-refractivity contribution in [2.75, 3.05) is 50.9 Å². The smallest absolute Gasteiger partial charge is 0.328 e. The Morgan fingerprint density at radius 1 is 1.20 bits per heavy atom. The summed E-state index contributed by atoms with van der Waals surface area (Å²) in [6, 6.07) is 2.31. The van der Waals surface area contributed by atoms with Gasteiger partial charge >= 0.3 is 11.9 Å². The number of benzene rings is 1. The molecule has 0 bridgehead atoms. The zero-order valence-corrected chi connectivity index (χ0v) is 17.4. The van der Waals surface area contributed by atoms with E-state index in [-0.39, 0.29) is 0 Å². The highest BCUT2D eigenvalue weighted by Gasteiger charge is 2.27. The zero-order valence-electron chi connectivity index (χ0n) is 17.4. The third-order valence-corrected chi connectivity index (χ3v) is 5.66. The molecule has 3 N–H and O–H groups in total. The number of anilines is 1. The molecule has 3 aliphatic rings. The number of carboxylic acids is 2. The van der Waals surface area contributed by atoms with Crippen molar-refractivity contribution in [2.24, 2.45) is 5.92 Å². The number of hydrogen-bond donors (Lipinski definition) is 3. The minimum Gasteiger partial charge on any atom is -0.490 e. The van der Waals surface area contributed by atoms with Gasteiger partial charge in [0.15, 0.2) is 0 Å². The average molecular weight is 418 g/mol. The van der Waals surface area contributed by atoms with Gasteiger partial charge < -0.3 is 29.9 Å². The standard InChI is InChI=1S/C18H26N2O2.C4H4O4/c1-13-16-3-6-19-5-2-15(16)10-17-18(13)20(7-9-22-17)11-14-4-8-21-12-14;5-3(6)1-2-4(7)8/h10,14,19H,2-9,11-12H2,1H3;1-2H,(H,5,6)(H,7,8)/b;2-1+. The summed E-state index contributed by atoms with van der Waals surface area (Å²) < 4.78 is 11.6. The third-order valence-electron chi connectivity index (χ3n) is 5.66. The molecule has 0 spiro atoms. The van der Waals surface area contributed by atoms with Crippen LogP contribution >= 0.6 is 0 Å². The van der Waals surface area contributed by atoms with Gasteiger partial charge in [0.2, 0.25) is 0 Å². The second-order valence-corrected chi connectivity index (χ2v) is 7.77. The van der Waals surface area contributed by atoms with E-state index in [0.29, 0.717) is 18.1 Å². The molecule has 0 amide bonds. The molecule has 4 rings (SSSR count). The first-order valence-electron chi connectivity index (χ1n) is 10.4. The molecule has 1 fully saturated rings. The molecule has 0 saturated carbocycles. The minimum absolute atomic E-state index is 0.558. The van der Waals surface area contributed by atoms with Crippen LogP contribution in [0.4, 0.5) is 5.69 Å². The van der Waals surface area contributed by atoms with Crippen LogP contribution in [-0.4, -0.2) is 68.2 Å². The van der Waals surface area contributed by atoms with Crippen molar-refractivity contribution in [3.8, 4) is 5.75 Å². The molecule has 0 aliphatic carbocycles. The highest BCUT2D eigenvalue weighted by molar-refractivity contribution is 5.89. The van der Waals surface area contributed by atoms with E-state index in [1.807, 2.05) is 0 Å². The molecule has 3 heterocycles. The van der Waals surface area contributed by atoms with Crippen molar-refractivity contribution < 1.29 is 29.3 Å². The molecule has 1 atom stereocenters. The van der Waals surface area contributed by atoms with E-state index >= 15 is 0 Å². The van der Waals surface area contributed by atoms with E-state index in [1.165, 1.54) is 23.2 Å². The first-order valence-corrected chi connectivity index (χ1v) is 10.4. The van der Waals surface area contributed by atoms with Gasteiger partial charge in [-0.25, -0.2) is 9.59 Å². The van der Waals surface area contributed by atoms with Crippen LogP contribution in [0.3, 0.4) is 0 Å². The van der Waals surface area contributed by atoms with Crippen LogP contribution in [0.25, 0.3) is 0 Å². The number of nitrogens with one attached hydrogen (secondary N) is 1. The third kappa shape index (κ3) is 5.73. The Kier molecular flexibility index (Phi) is 7.70. The van der Waals surface area contributed by atoms with E-state index in [0.717, 1.165) is 64.6 Å². The molecule has 1 aromatic carbocycles. The van der Waals surface area contributed by atoms with Crippen LogP contribution in [0.5, 0.6) is 5.75 Å². The summed E-state index contributed by atoms with van der Waals surface area (Å²) in [5, 5.41) is 19.1. The van der Waals surface area contributed by atoms with Gasteiger partial charge in [-0.2, -0.15) is 0 Å². The zero-order chi connectivity index (χ0) is 21.5. The lowest BCUT2D eigenvalue weighted by atomic mass is 9.94. The molecule has 0 radical (unpaired) electrons. The maximum Gasteiger partial charge on any atom is 0.328 e. The molecule has 3 aliphatic heterocycles.